The summed E-state index contributed by atoms with van der Waals surface area (Å²) < 4.78 is 31.9. The van der Waals surface area contributed by atoms with Crippen LogP contribution in [0.1, 0.15) is 40.0 Å². The molecule has 2 unspecified atom stereocenters. The molecule has 1 saturated heterocycles. The summed E-state index contributed by atoms with van der Waals surface area (Å²) in [5.74, 6) is 0.193. The third-order valence-electron chi connectivity index (χ3n) is 2.97. The number of hydrogen-bond acceptors (Lipinski definition) is 4. The van der Waals surface area contributed by atoms with Gasteiger partial charge in [-0.15, -0.1) is 0 Å². The van der Waals surface area contributed by atoms with Crippen LogP contribution in [-0.2, 0) is 14.8 Å². The second-order valence-electron chi connectivity index (χ2n) is 5.30. The molecule has 1 heterocycles. The lowest BCUT2D eigenvalue weighted by Crippen LogP contribution is -2.42. The van der Waals surface area contributed by atoms with E-state index in [1.807, 2.05) is 6.92 Å². The first kappa shape index (κ1) is 15.9. The molecule has 108 valence electrons. The maximum Gasteiger partial charge on any atom is 0.211 e. The van der Waals surface area contributed by atoms with Crippen LogP contribution in [0.25, 0.3) is 0 Å². The van der Waals surface area contributed by atoms with E-state index >= 15 is 0 Å². The van der Waals surface area contributed by atoms with Crippen LogP contribution in [0.5, 0.6) is 0 Å². The molecule has 0 radical (unpaired) electrons. The molecule has 0 aliphatic carbocycles. The van der Waals surface area contributed by atoms with Gasteiger partial charge in [0.05, 0.1) is 11.9 Å². The largest absolute Gasteiger partial charge is 0.378 e. The smallest absolute Gasteiger partial charge is 0.211 e. The van der Waals surface area contributed by atoms with Gasteiger partial charge in [-0.05, 0) is 32.7 Å². The first-order chi connectivity index (χ1) is 8.39. The van der Waals surface area contributed by atoms with Gasteiger partial charge in [-0.2, -0.15) is 0 Å². The summed E-state index contributed by atoms with van der Waals surface area (Å²) in [5.41, 5.74) is 0. The maximum atomic E-state index is 11.9. The molecule has 18 heavy (non-hydrogen) atoms. The lowest BCUT2D eigenvalue weighted by molar-refractivity contribution is 0.0173. The van der Waals surface area contributed by atoms with Gasteiger partial charge in [0.1, 0.15) is 0 Å². The van der Waals surface area contributed by atoms with Crippen molar-refractivity contribution >= 4 is 10.0 Å². The molecule has 0 saturated carbocycles. The Morgan fingerprint density at radius 3 is 2.72 bits per heavy atom. The highest BCUT2D eigenvalue weighted by Crippen LogP contribution is 2.14. The van der Waals surface area contributed by atoms with Gasteiger partial charge in [-0.25, -0.2) is 13.1 Å². The van der Waals surface area contributed by atoms with Crippen molar-refractivity contribution in [3.05, 3.63) is 0 Å². The third-order valence-corrected chi connectivity index (χ3v) is 4.49. The number of nitrogens with one attached hydrogen (secondary N) is 2. The monoisotopic (exact) mass is 278 g/mol. The van der Waals surface area contributed by atoms with E-state index in [0.717, 1.165) is 19.4 Å². The van der Waals surface area contributed by atoms with Crippen LogP contribution in [0, 0.1) is 0 Å². The SMILES string of the molecule is CC(C)NCCCS(=O)(=O)NC1CCOC(C)C1. The molecule has 2 atom stereocenters. The van der Waals surface area contributed by atoms with Gasteiger partial charge in [0.25, 0.3) is 0 Å². The number of ether oxygens (including phenoxy) is 1. The van der Waals surface area contributed by atoms with Crippen molar-refractivity contribution in [2.75, 3.05) is 18.9 Å². The molecule has 1 rings (SSSR count). The molecule has 1 aliphatic heterocycles. The molecule has 5 nitrogen and oxygen atoms in total. The molecule has 0 bridgehead atoms. The van der Waals surface area contributed by atoms with Gasteiger partial charge in [-0.1, -0.05) is 13.8 Å². The van der Waals surface area contributed by atoms with E-state index < -0.39 is 10.0 Å². The number of hydrogen-bond donors (Lipinski definition) is 2. The fourth-order valence-corrected chi connectivity index (χ4v) is 3.44. The molecule has 1 fully saturated rings. The average Bonchev–Trinajstić information content (AvgIpc) is 2.23. The lowest BCUT2D eigenvalue weighted by Gasteiger charge is -2.27. The van der Waals surface area contributed by atoms with Crippen LogP contribution >= 0.6 is 0 Å². The zero-order chi connectivity index (χ0) is 13.6. The Hall–Kier alpha value is -0.170. The molecule has 0 spiro atoms. The van der Waals surface area contributed by atoms with Crippen molar-refractivity contribution in [1.29, 1.82) is 0 Å². The zero-order valence-electron chi connectivity index (χ0n) is 11.6. The van der Waals surface area contributed by atoms with Crippen molar-refractivity contribution in [2.45, 2.75) is 58.2 Å². The molecular formula is C12H26N2O3S. The summed E-state index contributed by atoms with van der Waals surface area (Å²) in [5, 5.41) is 3.22. The molecule has 0 aromatic heterocycles. The van der Waals surface area contributed by atoms with Crippen molar-refractivity contribution in [3.63, 3.8) is 0 Å². The fraction of sp³-hybridized carbons (Fsp3) is 1.00. The van der Waals surface area contributed by atoms with E-state index in [1.165, 1.54) is 0 Å². The first-order valence-corrected chi connectivity index (χ1v) is 8.39. The van der Waals surface area contributed by atoms with E-state index in [4.69, 9.17) is 4.74 Å². The Kier molecular flexibility index (Phi) is 6.55. The molecule has 2 N–H and O–H groups in total. The van der Waals surface area contributed by atoms with E-state index in [2.05, 4.69) is 23.9 Å². The van der Waals surface area contributed by atoms with Crippen LogP contribution in [0.3, 0.4) is 0 Å². The van der Waals surface area contributed by atoms with E-state index in [-0.39, 0.29) is 17.9 Å². The number of rotatable bonds is 7. The summed E-state index contributed by atoms with van der Waals surface area (Å²) >= 11 is 0. The molecule has 0 amide bonds. The molecule has 1 aliphatic rings. The second-order valence-corrected chi connectivity index (χ2v) is 7.18. The fourth-order valence-electron chi connectivity index (χ4n) is 2.07. The summed E-state index contributed by atoms with van der Waals surface area (Å²) in [6.45, 7) is 7.46. The Bertz CT molecular complexity index is 330. The first-order valence-electron chi connectivity index (χ1n) is 6.74. The van der Waals surface area contributed by atoms with Crippen LogP contribution in [-0.4, -0.2) is 45.5 Å². The van der Waals surface area contributed by atoms with Gasteiger partial charge in [0.2, 0.25) is 10.0 Å². The Morgan fingerprint density at radius 2 is 2.11 bits per heavy atom. The van der Waals surface area contributed by atoms with Gasteiger partial charge in [0.15, 0.2) is 0 Å². The lowest BCUT2D eigenvalue weighted by atomic mass is 10.1. The molecular weight excluding hydrogens is 252 g/mol. The minimum Gasteiger partial charge on any atom is -0.378 e. The predicted octanol–water partition coefficient (Wildman–Crippen LogP) is 0.861. The van der Waals surface area contributed by atoms with Crippen LogP contribution < -0.4 is 10.0 Å². The Morgan fingerprint density at radius 1 is 1.39 bits per heavy atom. The van der Waals surface area contributed by atoms with Crippen molar-refractivity contribution in [1.82, 2.24) is 10.0 Å². The highest BCUT2D eigenvalue weighted by atomic mass is 32.2. The van der Waals surface area contributed by atoms with Crippen LogP contribution in [0.15, 0.2) is 0 Å². The van der Waals surface area contributed by atoms with Crippen LogP contribution in [0.4, 0.5) is 0 Å². The van der Waals surface area contributed by atoms with Gasteiger partial charge >= 0.3 is 0 Å². The minimum absolute atomic E-state index is 0.0387. The van der Waals surface area contributed by atoms with Gasteiger partial charge < -0.3 is 10.1 Å². The summed E-state index contributed by atoms with van der Waals surface area (Å²) in [7, 11) is -3.15. The Labute approximate surface area is 111 Å². The van der Waals surface area contributed by atoms with E-state index in [9.17, 15) is 8.42 Å². The molecule has 6 heteroatoms. The van der Waals surface area contributed by atoms with E-state index in [0.29, 0.717) is 19.1 Å². The standard InChI is InChI=1S/C12H26N2O3S/c1-10(2)13-6-4-8-18(15,16)14-12-5-7-17-11(3)9-12/h10-14H,4-9H2,1-3H3. The van der Waals surface area contributed by atoms with Crippen molar-refractivity contribution in [3.8, 4) is 0 Å². The zero-order valence-corrected chi connectivity index (χ0v) is 12.4. The topological polar surface area (TPSA) is 67.4 Å². The third kappa shape index (κ3) is 6.68. The average molecular weight is 278 g/mol. The minimum atomic E-state index is -3.15. The highest BCUT2D eigenvalue weighted by molar-refractivity contribution is 7.89. The summed E-state index contributed by atoms with van der Waals surface area (Å²) in [4.78, 5) is 0. The normalized spacial score (nSPS) is 25.6. The summed E-state index contributed by atoms with van der Waals surface area (Å²) in [6, 6.07) is 0.439. The molecule has 0 aromatic carbocycles. The number of sulfonamides is 1. The quantitative estimate of drug-likeness (QED) is 0.678. The molecule has 0 aromatic rings. The van der Waals surface area contributed by atoms with Crippen molar-refractivity contribution in [2.24, 2.45) is 0 Å². The van der Waals surface area contributed by atoms with Crippen LogP contribution in [0.2, 0.25) is 0 Å². The second kappa shape index (κ2) is 7.43. The van der Waals surface area contributed by atoms with E-state index in [1.54, 1.807) is 0 Å². The van der Waals surface area contributed by atoms with Gasteiger partial charge in [0, 0.05) is 18.7 Å². The maximum absolute atomic E-state index is 11.9. The van der Waals surface area contributed by atoms with Crippen molar-refractivity contribution < 1.29 is 13.2 Å². The predicted molar refractivity (Wildman–Crippen MR) is 73.1 cm³/mol. The highest BCUT2D eigenvalue weighted by Gasteiger charge is 2.23. The summed E-state index contributed by atoms with van der Waals surface area (Å²) in [6.07, 6.45) is 2.33. The van der Waals surface area contributed by atoms with Gasteiger partial charge in [-0.3, -0.25) is 0 Å². The Balaban J connectivity index is 2.26.